The summed E-state index contributed by atoms with van der Waals surface area (Å²) in [5, 5.41) is 2.50. The number of esters is 2. The summed E-state index contributed by atoms with van der Waals surface area (Å²) in [7, 11) is 2.44. The van der Waals surface area contributed by atoms with Crippen LogP contribution in [0, 0.1) is 0 Å². The molecule has 0 aliphatic carbocycles. The van der Waals surface area contributed by atoms with Gasteiger partial charge in [0.05, 0.1) is 26.7 Å². The Kier molecular flexibility index (Phi) is 9.60. The van der Waals surface area contributed by atoms with E-state index in [0.29, 0.717) is 0 Å². The molecule has 0 spiro atoms. The van der Waals surface area contributed by atoms with Crippen molar-refractivity contribution >= 4 is 30.3 Å². The first-order valence-corrected chi connectivity index (χ1v) is 6.72. The lowest BCUT2D eigenvalue weighted by Crippen LogP contribution is -2.50. The molecule has 128 valence electrons. The molecule has 1 rings (SSSR count). The van der Waals surface area contributed by atoms with E-state index in [-0.39, 0.29) is 25.2 Å². The van der Waals surface area contributed by atoms with E-state index >= 15 is 0 Å². The molecule has 1 amide bonds. The van der Waals surface area contributed by atoms with Crippen LogP contribution in [0.3, 0.4) is 0 Å². The summed E-state index contributed by atoms with van der Waals surface area (Å²) >= 11 is 0. The molecule has 8 heteroatoms. The Morgan fingerprint density at radius 3 is 2.26 bits per heavy atom. The number of ether oxygens (including phenoxy) is 2. The Bertz CT molecular complexity index is 524. The van der Waals surface area contributed by atoms with Gasteiger partial charge in [0.15, 0.2) is 0 Å². The Balaban J connectivity index is 0.00000484. The van der Waals surface area contributed by atoms with E-state index in [1.807, 2.05) is 30.3 Å². The molecule has 0 heterocycles. The number of hydrogen-bond donors (Lipinski definition) is 2. The minimum atomic E-state index is -1.09. The fourth-order valence-electron chi connectivity index (χ4n) is 1.82. The summed E-state index contributed by atoms with van der Waals surface area (Å²) in [6.07, 6.45) is 0.00571. The van der Waals surface area contributed by atoms with Crippen LogP contribution in [-0.4, -0.2) is 44.1 Å². The Morgan fingerprint density at radius 2 is 1.74 bits per heavy atom. The summed E-state index contributed by atoms with van der Waals surface area (Å²) in [4.78, 5) is 34.9. The highest BCUT2D eigenvalue weighted by Gasteiger charge is 2.26. The zero-order chi connectivity index (χ0) is 16.5. The van der Waals surface area contributed by atoms with Crippen molar-refractivity contribution in [2.75, 3.05) is 14.2 Å². The molecule has 0 radical (unpaired) electrons. The minimum Gasteiger partial charge on any atom is -0.469 e. The van der Waals surface area contributed by atoms with Gasteiger partial charge in [-0.05, 0) is 5.56 Å². The minimum absolute atomic E-state index is 0. The summed E-state index contributed by atoms with van der Waals surface area (Å²) in [5.74, 6) is -1.79. The van der Waals surface area contributed by atoms with Crippen LogP contribution in [-0.2, 0) is 30.3 Å². The predicted molar refractivity (Wildman–Crippen MR) is 85.9 cm³/mol. The van der Waals surface area contributed by atoms with Crippen molar-refractivity contribution in [3.63, 3.8) is 0 Å². The van der Waals surface area contributed by atoms with Crippen molar-refractivity contribution in [3.8, 4) is 0 Å². The van der Waals surface area contributed by atoms with E-state index in [1.165, 1.54) is 14.2 Å². The molecule has 0 bridgehead atoms. The van der Waals surface area contributed by atoms with Gasteiger partial charge >= 0.3 is 11.9 Å². The molecule has 1 aromatic rings. The highest BCUT2D eigenvalue weighted by Crippen LogP contribution is 2.05. The van der Waals surface area contributed by atoms with Gasteiger partial charge in [-0.25, -0.2) is 4.79 Å². The second kappa shape index (κ2) is 10.6. The van der Waals surface area contributed by atoms with Crippen LogP contribution >= 0.6 is 12.4 Å². The summed E-state index contributed by atoms with van der Waals surface area (Å²) in [6.45, 7) is 0. The highest BCUT2D eigenvalue weighted by atomic mass is 35.5. The van der Waals surface area contributed by atoms with E-state index in [2.05, 4.69) is 14.8 Å². The Labute approximate surface area is 140 Å². The standard InChI is InChI=1S/C15H20N2O5.ClH/c1-21-13(18)9-11(16)14(19)17-12(15(20)22-2)8-10-6-4-3-5-7-10;/h3-7,11-12H,8-9,16H2,1-2H3,(H,17,19);1H. The lowest BCUT2D eigenvalue weighted by molar-refractivity contribution is -0.145. The molecular formula is C15H21ClN2O5. The SMILES string of the molecule is COC(=O)CC(N)C(=O)NC(Cc1ccccc1)C(=O)OC.Cl. The van der Waals surface area contributed by atoms with Gasteiger partial charge in [0, 0.05) is 6.42 Å². The third kappa shape index (κ3) is 7.12. The van der Waals surface area contributed by atoms with E-state index in [9.17, 15) is 14.4 Å². The van der Waals surface area contributed by atoms with Crippen molar-refractivity contribution < 1.29 is 23.9 Å². The summed E-state index contributed by atoms with van der Waals surface area (Å²) < 4.78 is 9.13. The largest absolute Gasteiger partial charge is 0.469 e. The van der Waals surface area contributed by atoms with Gasteiger partial charge in [-0.15, -0.1) is 12.4 Å². The molecule has 0 aliphatic rings. The van der Waals surface area contributed by atoms with Crippen molar-refractivity contribution in [1.29, 1.82) is 0 Å². The van der Waals surface area contributed by atoms with E-state index in [0.717, 1.165) is 5.56 Å². The van der Waals surface area contributed by atoms with Crippen LogP contribution in [0.1, 0.15) is 12.0 Å². The maximum atomic E-state index is 12.0. The molecule has 0 aromatic heterocycles. The molecule has 2 unspecified atom stereocenters. The molecule has 0 aliphatic heterocycles. The van der Waals surface area contributed by atoms with Crippen LogP contribution < -0.4 is 11.1 Å². The predicted octanol–water partition coefficient (Wildman–Crippen LogP) is 0.199. The molecule has 23 heavy (non-hydrogen) atoms. The zero-order valence-electron chi connectivity index (χ0n) is 13.0. The average Bonchev–Trinajstić information content (AvgIpc) is 2.54. The van der Waals surface area contributed by atoms with Crippen LogP contribution in [0.25, 0.3) is 0 Å². The van der Waals surface area contributed by atoms with Crippen LogP contribution in [0.5, 0.6) is 0 Å². The number of carbonyl (C=O) groups is 3. The van der Waals surface area contributed by atoms with E-state index in [4.69, 9.17) is 5.73 Å². The molecule has 0 saturated heterocycles. The maximum absolute atomic E-state index is 12.0. The van der Waals surface area contributed by atoms with Gasteiger partial charge in [-0.1, -0.05) is 30.3 Å². The molecule has 0 fully saturated rings. The first-order valence-electron chi connectivity index (χ1n) is 6.72. The smallest absolute Gasteiger partial charge is 0.328 e. The second-order valence-electron chi connectivity index (χ2n) is 4.66. The summed E-state index contributed by atoms with van der Waals surface area (Å²) in [6, 6.07) is 7.20. The average molecular weight is 345 g/mol. The molecule has 3 N–H and O–H groups in total. The van der Waals surface area contributed by atoms with Crippen LogP contribution in [0.15, 0.2) is 30.3 Å². The lowest BCUT2D eigenvalue weighted by Gasteiger charge is -2.19. The highest BCUT2D eigenvalue weighted by molar-refractivity contribution is 5.90. The molecular weight excluding hydrogens is 324 g/mol. The van der Waals surface area contributed by atoms with Gasteiger partial charge in [-0.3, -0.25) is 9.59 Å². The van der Waals surface area contributed by atoms with Crippen molar-refractivity contribution in [3.05, 3.63) is 35.9 Å². The van der Waals surface area contributed by atoms with E-state index in [1.54, 1.807) is 0 Å². The molecule has 7 nitrogen and oxygen atoms in total. The molecule has 0 saturated carbocycles. The number of nitrogens with two attached hydrogens (primary N) is 1. The summed E-state index contributed by atoms with van der Waals surface area (Å²) in [5.41, 5.74) is 6.47. The van der Waals surface area contributed by atoms with Gasteiger partial charge in [-0.2, -0.15) is 0 Å². The number of benzene rings is 1. The number of nitrogens with one attached hydrogen (secondary N) is 1. The maximum Gasteiger partial charge on any atom is 0.328 e. The molecule has 1 aromatic carbocycles. The second-order valence-corrected chi connectivity index (χ2v) is 4.66. The number of halogens is 1. The number of rotatable bonds is 7. The van der Waals surface area contributed by atoms with Crippen molar-refractivity contribution in [1.82, 2.24) is 5.32 Å². The lowest BCUT2D eigenvalue weighted by atomic mass is 10.1. The zero-order valence-corrected chi connectivity index (χ0v) is 13.8. The number of amides is 1. The van der Waals surface area contributed by atoms with Gasteiger partial charge in [0.25, 0.3) is 0 Å². The third-order valence-electron chi connectivity index (χ3n) is 3.04. The van der Waals surface area contributed by atoms with Crippen molar-refractivity contribution in [2.24, 2.45) is 5.73 Å². The first kappa shape index (κ1) is 20.9. The third-order valence-corrected chi connectivity index (χ3v) is 3.04. The van der Waals surface area contributed by atoms with Gasteiger partial charge in [0.2, 0.25) is 5.91 Å². The normalized spacial score (nSPS) is 12.3. The van der Waals surface area contributed by atoms with E-state index < -0.39 is 29.9 Å². The monoisotopic (exact) mass is 344 g/mol. The molecule has 2 atom stereocenters. The van der Waals surface area contributed by atoms with Gasteiger partial charge < -0.3 is 20.5 Å². The van der Waals surface area contributed by atoms with Gasteiger partial charge in [0.1, 0.15) is 6.04 Å². The van der Waals surface area contributed by atoms with Crippen LogP contribution in [0.2, 0.25) is 0 Å². The number of carbonyl (C=O) groups excluding carboxylic acids is 3. The quantitative estimate of drug-likeness (QED) is 0.684. The Morgan fingerprint density at radius 1 is 1.13 bits per heavy atom. The topological polar surface area (TPSA) is 108 Å². The van der Waals surface area contributed by atoms with Crippen LogP contribution in [0.4, 0.5) is 0 Å². The van der Waals surface area contributed by atoms with Crippen molar-refractivity contribution in [2.45, 2.75) is 24.9 Å². The number of hydrogen-bond acceptors (Lipinski definition) is 6. The number of methoxy groups -OCH3 is 2. The fourth-order valence-corrected chi connectivity index (χ4v) is 1.82. The Hall–Kier alpha value is -2.12. The first-order chi connectivity index (χ1) is 10.5. The fraction of sp³-hybridized carbons (Fsp3) is 0.400.